The highest BCUT2D eigenvalue weighted by atomic mass is 14.8. The molecule has 0 aliphatic heterocycles. The lowest BCUT2D eigenvalue weighted by Crippen LogP contribution is -2.13. The van der Waals surface area contributed by atoms with Crippen LogP contribution in [0.5, 0.6) is 0 Å². The van der Waals surface area contributed by atoms with Gasteiger partial charge in [0.2, 0.25) is 0 Å². The van der Waals surface area contributed by atoms with E-state index in [-0.39, 0.29) is 6.04 Å². The van der Waals surface area contributed by atoms with Crippen molar-refractivity contribution < 1.29 is 0 Å². The lowest BCUT2D eigenvalue weighted by atomic mass is 9.94. The van der Waals surface area contributed by atoms with E-state index in [1.54, 1.807) is 0 Å². The summed E-state index contributed by atoms with van der Waals surface area (Å²) in [5.41, 5.74) is 12.3. The summed E-state index contributed by atoms with van der Waals surface area (Å²) in [6.07, 6.45) is 0. The van der Waals surface area contributed by atoms with Gasteiger partial charge in [-0.1, -0.05) is 35.9 Å². The highest BCUT2D eigenvalue weighted by Crippen LogP contribution is 2.24. The van der Waals surface area contributed by atoms with Gasteiger partial charge in [-0.2, -0.15) is 0 Å². The smallest absolute Gasteiger partial charge is 0.0554 e. The first-order valence-electron chi connectivity index (χ1n) is 6.22. The fraction of sp³-hybridized carbons (Fsp3) is 0.250. The van der Waals surface area contributed by atoms with Gasteiger partial charge >= 0.3 is 0 Å². The topological polar surface area (TPSA) is 38.0 Å². The molecule has 0 radical (unpaired) electrons. The largest absolute Gasteiger partial charge is 0.388 e. The van der Waals surface area contributed by atoms with E-state index in [1.165, 1.54) is 16.7 Å². The van der Waals surface area contributed by atoms with Gasteiger partial charge in [-0.25, -0.2) is 0 Å². The Kier molecular flexibility index (Phi) is 3.68. The molecule has 0 aliphatic carbocycles. The molecule has 2 nitrogen and oxygen atoms in total. The van der Waals surface area contributed by atoms with E-state index in [1.807, 2.05) is 7.05 Å². The van der Waals surface area contributed by atoms with Crippen molar-refractivity contribution in [3.63, 3.8) is 0 Å². The molecular weight excluding hydrogens is 220 g/mol. The molecule has 2 aromatic rings. The van der Waals surface area contributed by atoms with Gasteiger partial charge in [0, 0.05) is 12.7 Å². The zero-order valence-electron chi connectivity index (χ0n) is 11.2. The van der Waals surface area contributed by atoms with E-state index in [2.05, 4.69) is 61.6 Å². The number of benzene rings is 2. The summed E-state index contributed by atoms with van der Waals surface area (Å²) in [4.78, 5) is 0. The van der Waals surface area contributed by atoms with Crippen molar-refractivity contribution in [1.29, 1.82) is 0 Å². The molecular formula is C16H20N2. The normalized spacial score (nSPS) is 12.2. The summed E-state index contributed by atoms with van der Waals surface area (Å²) in [5, 5.41) is 3.11. The summed E-state index contributed by atoms with van der Waals surface area (Å²) in [5.74, 6) is 0. The summed E-state index contributed by atoms with van der Waals surface area (Å²) in [6.45, 7) is 4.20. The molecule has 0 saturated carbocycles. The predicted octanol–water partition coefficient (Wildman–Crippen LogP) is 3.39. The lowest BCUT2D eigenvalue weighted by Gasteiger charge is -2.16. The van der Waals surface area contributed by atoms with Crippen LogP contribution in [-0.2, 0) is 0 Å². The Morgan fingerprint density at radius 2 is 1.67 bits per heavy atom. The Bertz CT molecular complexity index is 529. The summed E-state index contributed by atoms with van der Waals surface area (Å²) in [6, 6.07) is 14.6. The highest BCUT2D eigenvalue weighted by Gasteiger charge is 2.11. The Morgan fingerprint density at radius 1 is 1.00 bits per heavy atom. The number of anilines is 1. The van der Waals surface area contributed by atoms with Crippen LogP contribution in [0, 0.1) is 13.8 Å². The highest BCUT2D eigenvalue weighted by molar-refractivity contribution is 5.46. The molecule has 1 atom stereocenters. The number of aryl methyl sites for hydroxylation is 2. The maximum Gasteiger partial charge on any atom is 0.0554 e. The molecule has 0 amide bonds. The Hall–Kier alpha value is -1.80. The molecule has 0 saturated heterocycles. The Labute approximate surface area is 109 Å². The maximum absolute atomic E-state index is 6.36. The molecule has 0 aliphatic rings. The third-order valence-corrected chi connectivity index (χ3v) is 3.33. The molecule has 0 spiro atoms. The molecule has 2 rings (SSSR count). The Balaban J connectivity index is 2.34. The van der Waals surface area contributed by atoms with Crippen molar-refractivity contribution in [2.45, 2.75) is 19.9 Å². The summed E-state index contributed by atoms with van der Waals surface area (Å²) in [7, 11) is 1.92. The molecule has 1 unspecified atom stereocenters. The Morgan fingerprint density at radius 3 is 2.28 bits per heavy atom. The maximum atomic E-state index is 6.36. The molecule has 2 aromatic carbocycles. The number of nitrogens with two attached hydrogens (primary N) is 1. The van der Waals surface area contributed by atoms with Crippen LogP contribution in [0.2, 0.25) is 0 Å². The first kappa shape index (κ1) is 12.7. The molecule has 0 bridgehead atoms. The van der Waals surface area contributed by atoms with E-state index >= 15 is 0 Å². The fourth-order valence-electron chi connectivity index (χ4n) is 2.13. The van der Waals surface area contributed by atoms with Crippen LogP contribution < -0.4 is 11.1 Å². The van der Waals surface area contributed by atoms with Crippen LogP contribution in [0.15, 0.2) is 42.5 Å². The van der Waals surface area contributed by atoms with Crippen molar-refractivity contribution in [3.05, 3.63) is 64.7 Å². The molecule has 0 fully saturated rings. The van der Waals surface area contributed by atoms with E-state index < -0.39 is 0 Å². The summed E-state index contributed by atoms with van der Waals surface area (Å²) < 4.78 is 0. The van der Waals surface area contributed by atoms with Crippen LogP contribution in [-0.4, -0.2) is 7.05 Å². The van der Waals surface area contributed by atoms with Gasteiger partial charge in [-0.15, -0.1) is 0 Å². The zero-order chi connectivity index (χ0) is 13.1. The lowest BCUT2D eigenvalue weighted by molar-refractivity contribution is 0.860. The van der Waals surface area contributed by atoms with E-state index in [0.717, 1.165) is 11.3 Å². The minimum atomic E-state index is -0.0594. The number of hydrogen-bond donors (Lipinski definition) is 2. The average Bonchev–Trinajstić information content (AvgIpc) is 2.41. The second-order valence-corrected chi connectivity index (χ2v) is 4.71. The molecule has 0 aromatic heterocycles. The standard InChI is InChI=1S/C16H20N2/c1-11-4-5-12(2)15(10-11)16(17)13-6-8-14(18-3)9-7-13/h4-10,16,18H,17H2,1-3H3. The second-order valence-electron chi connectivity index (χ2n) is 4.71. The molecule has 18 heavy (non-hydrogen) atoms. The predicted molar refractivity (Wildman–Crippen MR) is 77.9 cm³/mol. The number of rotatable bonds is 3. The van der Waals surface area contributed by atoms with Crippen LogP contribution >= 0.6 is 0 Å². The van der Waals surface area contributed by atoms with Gasteiger partial charge in [0.15, 0.2) is 0 Å². The second kappa shape index (κ2) is 5.23. The SMILES string of the molecule is CNc1ccc(C(N)c2cc(C)ccc2C)cc1. The molecule has 0 heterocycles. The van der Waals surface area contributed by atoms with Crippen LogP contribution in [0.3, 0.4) is 0 Å². The van der Waals surface area contributed by atoms with Crippen LogP contribution in [0.25, 0.3) is 0 Å². The van der Waals surface area contributed by atoms with Crippen molar-refractivity contribution in [2.24, 2.45) is 5.73 Å². The first-order chi connectivity index (χ1) is 8.61. The van der Waals surface area contributed by atoms with Crippen molar-refractivity contribution in [2.75, 3.05) is 12.4 Å². The van der Waals surface area contributed by atoms with E-state index in [0.29, 0.717) is 0 Å². The van der Waals surface area contributed by atoms with Crippen molar-refractivity contribution in [3.8, 4) is 0 Å². The van der Waals surface area contributed by atoms with Crippen molar-refractivity contribution in [1.82, 2.24) is 0 Å². The summed E-state index contributed by atoms with van der Waals surface area (Å²) >= 11 is 0. The minimum Gasteiger partial charge on any atom is -0.388 e. The van der Waals surface area contributed by atoms with Gasteiger partial charge in [-0.3, -0.25) is 0 Å². The van der Waals surface area contributed by atoms with Gasteiger partial charge in [0.05, 0.1) is 6.04 Å². The van der Waals surface area contributed by atoms with Crippen LogP contribution in [0.4, 0.5) is 5.69 Å². The molecule has 2 heteroatoms. The van der Waals surface area contributed by atoms with Crippen molar-refractivity contribution >= 4 is 5.69 Å². The third-order valence-electron chi connectivity index (χ3n) is 3.33. The first-order valence-corrected chi connectivity index (χ1v) is 6.22. The fourth-order valence-corrected chi connectivity index (χ4v) is 2.13. The monoisotopic (exact) mass is 240 g/mol. The quantitative estimate of drug-likeness (QED) is 0.863. The zero-order valence-corrected chi connectivity index (χ0v) is 11.2. The number of hydrogen-bond acceptors (Lipinski definition) is 2. The molecule has 3 N–H and O–H groups in total. The third kappa shape index (κ3) is 2.54. The van der Waals surface area contributed by atoms with Crippen LogP contribution in [0.1, 0.15) is 28.3 Å². The van der Waals surface area contributed by atoms with Gasteiger partial charge in [0.1, 0.15) is 0 Å². The number of nitrogens with one attached hydrogen (secondary N) is 1. The average molecular weight is 240 g/mol. The van der Waals surface area contributed by atoms with Gasteiger partial charge in [-0.05, 0) is 42.7 Å². The van der Waals surface area contributed by atoms with Gasteiger partial charge < -0.3 is 11.1 Å². The molecule has 94 valence electrons. The van der Waals surface area contributed by atoms with E-state index in [4.69, 9.17) is 5.73 Å². The van der Waals surface area contributed by atoms with Gasteiger partial charge in [0.25, 0.3) is 0 Å². The van der Waals surface area contributed by atoms with E-state index in [9.17, 15) is 0 Å². The minimum absolute atomic E-state index is 0.0594.